The SMILES string of the molecule is N=C(N)NCCCC(C(N)=O)N(CCP(=O)(O)O)CCP(=O)(O)O. The maximum atomic E-state index is 11.6. The molecular formula is C10H25N5O7P2. The Hall–Kier alpha value is -1.00. The first-order valence-electron chi connectivity index (χ1n) is 7.02. The topological polar surface area (TPSA) is 223 Å². The molecule has 10 N–H and O–H groups in total. The fourth-order valence-corrected chi connectivity index (χ4v) is 3.00. The molecule has 0 saturated heterocycles. The molecular weight excluding hydrogens is 364 g/mol. The number of hydrogen-bond donors (Lipinski definition) is 8. The minimum Gasteiger partial charge on any atom is -0.370 e. The molecule has 0 aliphatic heterocycles. The maximum Gasteiger partial charge on any atom is 0.326 e. The Bertz CT molecular complexity index is 494. The predicted octanol–water partition coefficient (Wildman–Crippen LogP) is -2.24. The molecule has 0 spiro atoms. The lowest BCUT2D eigenvalue weighted by atomic mass is 10.1. The van der Waals surface area contributed by atoms with Crippen molar-refractivity contribution in [1.29, 1.82) is 5.41 Å². The van der Waals surface area contributed by atoms with E-state index >= 15 is 0 Å². The number of amides is 1. The molecule has 0 bridgehead atoms. The molecule has 0 aliphatic rings. The normalized spacial score (nSPS) is 13.7. The molecule has 24 heavy (non-hydrogen) atoms. The zero-order valence-electron chi connectivity index (χ0n) is 13.0. The Morgan fingerprint density at radius 3 is 1.88 bits per heavy atom. The fourth-order valence-electron chi connectivity index (χ4n) is 1.96. The summed E-state index contributed by atoms with van der Waals surface area (Å²) in [6, 6.07) is -0.947. The summed E-state index contributed by atoms with van der Waals surface area (Å²) >= 11 is 0. The zero-order chi connectivity index (χ0) is 19.0. The summed E-state index contributed by atoms with van der Waals surface area (Å²) in [5.41, 5.74) is 10.4. The number of nitrogens with zero attached hydrogens (tertiary/aromatic N) is 1. The Morgan fingerprint density at radius 2 is 1.54 bits per heavy atom. The van der Waals surface area contributed by atoms with Crippen LogP contribution in [-0.2, 0) is 13.9 Å². The van der Waals surface area contributed by atoms with Gasteiger partial charge in [-0.25, -0.2) is 0 Å². The highest BCUT2D eigenvalue weighted by Gasteiger charge is 2.27. The Balaban J connectivity index is 4.90. The number of hydrogen-bond acceptors (Lipinski definition) is 5. The number of nitrogens with one attached hydrogen (secondary N) is 2. The highest BCUT2D eigenvalue weighted by atomic mass is 31.2. The van der Waals surface area contributed by atoms with Crippen molar-refractivity contribution in [3.8, 4) is 0 Å². The van der Waals surface area contributed by atoms with E-state index in [1.165, 1.54) is 4.90 Å². The summed E-state index contributed by atoms with van der Waals surface area (Å²) in [4.78, 5) is 48.7. The van der Waals surface area contributed by atoms with Crippen LogP contribution < -0.4 is 16.8 Å². The summed E-state index contributed by atoms with van der Waals surface area (Å²) in [5.74, 6) is -1.01. The first-order valence-corrected chi connectivity index (χ1v) is 10.6. The molecule has 0 saturated carbocycles. The Kier molecular flexibility index (Phi) is 9.68. The molecule has 0 radical (unpaired) electrons. The molecule has 0 aromatic heterocycles. The van der Waals surface area contributed by atoms with E-state index in [-0.39, 0.29) is 32.0 Å². The molecule has 0 fully saturated rings. The third-order valence-corrected chi connectivity index (χ3v) is 4.66. The second-order valence-corrected chi connectivity index (χ2v) is 8.77. The van der Waals surface area contributed by atoms with E-state index in [2.05, 4.69) is 5.32 Å². The van der Waals surface area contributed by atoms with Crippen molar-refractivity contribution in [1.82, 2.24) is 10.2 Å². The number of carbonyl (C=O) groups is 1. The van der Waals surface area contributed by atoms with Gasteiger partial charge in [0, 0.05) is 19.6 Å². The van der Waals surface area contributed by atoms with Crippen molar-refractivity contribution < 1.29 is 33.5 Å². The quantitative estimate of drug-likeness (QED) is 0.0775. The second kappa shape index (κ2) is 10.1. The van der Waals surface area contributed by atoms with E-state index in [1.807, 2.05) is 0 Å². The number of guanidine groups is 1. The van der Waals surface area contributed by atoms with Crippen LogP contribution in [0.5, 0.6) is 0 Å². The van der Waals surface area contributed by atoms with Crippen LogP contribution in [0.1, 0.15) is 12.8 Å². The van der Waals surface area contributed by atoms with Gasteiger partial charge in [-0.3, -0.25) is 24.2 Å². The van der Waals surface area contributed by atoms with E-state index in [0.717, 1.165) is 0 Å². The highest BCUT2D eigenvalue weighted by Crippen LogP contribution is 2.36. The van der Waals surface area contributed by atoms with Gasteiger partial charge >= 0.3 is 15.2 Å². The molecule has 0 aromatic carbocycles. The predicted molar refractivity (Wildman–Crippen MR) is 87.5 cm³/mol. The average Bonchev–Trinajstić information content (AvgIpc) is 2.37. The van der Waals surface area contributed by atoms with Crippen LogP contribution >= 0.6 is 15.2 Å². The van der Waals surface area contributed by atoms with Crippen LogP contribution in [-0.4, -0.2) is 74.3 Å². The van der Waals surface area contributed by atoms with Crippen molar-refractivity contribution in [2.45, 2.75) is 18.9 Å². The van der Waals surface area contributed by atoms with Gasteiger partial charge in [0.05, 0.1) is 18.4 Å². The molecule has 1 amide bonds. The van der Waals surface area contributed by atoms with E-state index in [0.29, 0.717) is 6.42 Å². The summed E-state index contributed by atoms with van der Waals surface area (Å²) in [6.45, 7) is -0.194. The maximum absolute atomic E-state index is 11.6. The van der Waals surface area contributed by atoms with Crippen molar-refractivity contribution in [2.75, 3.05) is 32.0 Å². The van der Waals surface area contributed by atoms with Gasteiger partial charge in [-0.15, -0.1) is 0 Å². The zero-order valence-corrected chi connectivity index (χ0v) is 14.8. The van der Waals surface area contributed by atoms with E-state index in [1.54, 1.807) is 0 Å². The molecule has 0 heterocycles. The largest absolute Gasteiger partial charge is 0.370 e. The van der Waals surface area contributed by atoms with Crippen molar-refractivity contribution >= 4 is 27.1 Å². The number of primary amides is 1. The average molecular weight is 389 g/mol. The minimum absolute atomic E-state index is 0.179. The van der Waals surface area contributed by atoms with E-state index in [4.69, 9.17) is 36.5 Å². The van der Waals surface area contributed by atoms with Gasteiger partial charge < -0.3 is 36.4 Å². The van der Waals surface area contributed by atoms with Gasteiger partial charge in [-0.2, -0.15) is 0 Å². The van der Waals surface area contributed by atoms with Gasteiger partial charge in [-0.1, -0.05) is 0 Å². The lowest BCUT2D eigenvalue weighted by Gasteiger charge is -2.30. The fraction of sp³-hybridized carbons (Fsp3) is 0.800. The molecule has 14 heteroatoms. The number of carbonyl (C=O) groups excluding carboxylic acids is 1. The molecule has 0 rings (SSSR count). The van der Waals surface area contributed by atoms with Gasteiger partial charge in [0.25, 0.3) is 0 Å². The van der Waals surface area contributed by atoms with Crippen LogP contribution in [0, 0.1) is 5.41 Å². The van der Waals surface area contributed by atoms with Crippen molar-refractivity contribution in [3.63, 3.8) is 0 Å². The lowest BCUT2D eigenvalue weighted by Crippen LogP contribution is -2.47. The van der Waals surface area contributed by atoms with Crippen LogP contribution in [0.4, 0.5) is 0 Å². The summed E-state index contributed by atoms with van der Waals surface area (Å²) in [7, 11) is -8.69. The van der Waals surface area contributed by atoms with Gasteiger partial charge in [0.1, 0.15) is 0 Å². The van der Waals surface area contributed by atoms with Crippen LogP contribution in [0.15, 0.2) is 0 Å². The van der Waals surface area contributed by atoms with Gasteiger partial charge in [-0.05, 0) is 12.8 Å². The van der Waals surface area contributed by atoms with Gasteiger partial charge in [0.2, 0.25) is 5.91 Å². The second-order valence-electron chi connectivity index (χ2n) is 5.21. The number of nitrogens with two attached hydrogens (primary N) is 2. The number of rotatable bonds is 12. The van der Waals surface area contributed by atoms with Crippen LogP contribution in [0.3, 0.4) is 0 Å². The smallest absolute Gasteiger partial charge is 0.326 e. The first kappa shape index (κ1) is 23.0. The highest BCUT2D eigenvalue weighted by molar-refractivity contribution is 7.52. The molecule has 0 aromatic rings. The third-order valence-electron chi connectivity index (χ3n) is 3.10. The van der Waals surface area contributed by atoms with Crippen molar-refractivity contribution in [2.24, 2.45) is 11.5 Å². The van der Waals surface area contributed by atoms with Crippen LogP contribution in [0.25, 0.3) is 0 Å². The Morgan fingerprint density at radius 1 is 1.08 bits per heavy atom. The first-order chi connectivity index (χ1) is 10.8. The molecule has 1 unspecified atom stereocenters. The molecule has 12 nitrogen and oxygen atoms in total. The lowest BCUT2D eigenvalue weighted by molar-refractivity contribution is -0.123. The van der Waals surface area contributed by atoms with Crippen molar-refractivity contribution in [3.05, 3.63) is 0 Å². The molecule has 0 aliphatic carbocycles. The Labute approximate surface area is 139 Å². The van der Waals surface area contributed by atoms with E-state index in [9.17, 15) is 13.9 Å². The summed E-state index contributed by atoms with van der Waals surface area (Å²) in [6.07, 6.45) is -0.583. The standard InChI is InChI=1S/C10H25N5O7P2/c11-9(16)8(2-1-3-14-10(12)13)15(4-6-23(17,18)19)5-7-24(20,21)22/h8H,1-7H2,(H2,11,16)(H4,12,13,14)(H2,17,18,19)(H2,20,21,22). The third kappa shape index (κ3) is 12.4. The minimum atomic E-state index is -4.34. The monoisotopic (exact) mass is 389 g/mol. The van der Waals surface area contributed by atoms with Crippen LogP contribution in [0.2, 0.25) is 0 Å². The molecule has 1 atom stereocenters. The molecule has 142 valence electrons. The summed E-state index contributed by atoms with van der Waals surface area (Å²) in [5, 5.41) is 9.54. The van der Waals surface area contributed by atoms with E-state index < -0.39 is 39.5 Å². The van der Waals surface area contributed by atoms with Gasteiger partial charge in [0.15, 0.2) is 5.96 Å². The summed E-state index contributed by atoms with van der Waals surface area (Å²) < 4.78 is 22.0.